The summed E-state index contributed by atoms with van der Waals surface area (Å²) in [6, 6.07) is 12.5. The molecule has 110 valence electrons. The number of imidazole rings is 1. The first-order chi connectivity index (χ1) is 10.2. The fourth-order valence-corrected chi connectivity index (χ4v) is 3.59. The van der Waals surface area contributed by atoms with E-state index in [1.807, 2.05) is 12.1 Å². The van der Waals surface area contributed by atoms with Crippen LogP contribution in [0, 0.1) is 0 Å². The van der Waals surface area contributed by atoms with Crippen LogP contribution in [-0.4, -0.2) is 9.55 Å². The number of hydrogen-bond acceptors (Lipinski definition) is 3. The first kappa shape index (κ1) is 14.6. The molecule has 2 heterocycles. The highest BCUT2D eigenvalue weighted by molar-refractivity contribution is 7.16. The van der Waals surface area contributed by atoms with Gasteiger partial charge in [0.05, 0.1) is 21.4 Å². The number of nitrogens with one attached hydrogen (secondary N) is 1. The van der Waals surface area contributed by atoms with Crippen LogP contribution in [0.5, 0.6) is 0 Å². The van der Waals surface area contributed by atoms with Gasteiger partial charge in [0.25, 0.3) is 0 Å². The zero-order valence-electron chi connectivity index (χ0n) is 12.1. The summed E-state index contributed by atoms with van der Waals surface area (Å²) >= 11 is 7.58. The molecule has 0 saturated carbocycles. The predicted molar refractivity (Wildman–Crippen MR) is 90.0 cm³/mol. The van der Waals surface area contributed by atoms with Gasteiger partial charge < -0.3 is 9.88 Å². The fraction of sp³-hybridized carbons (Fsp3) is 0.312. The van der Waals surface area contributed by atoms with Crippen LogP contribution in [0.25, 0.3) is 11.0 Å². The zero-order chi connectivity index (χ0) is 14.8. The van der Waals surface area contributed by atoms with E-state index in [2.05, 4.69) is 48.0 Å². The van der Waals surface area contributed by atoms with E-state index in [1.165, 1.54) is 10.4 Å². The third-order valence-corrected chi connectivity index (χ3v) is 4.83. The van der Waals surface area contributed by atoms with Gasteiger partial charge in [0.1, 0.15) is 5.82 Å². The van der Waals surface area contributed by atoms with Crippen molar-refractivity contribution in [2.24, 2.45) is 0 Å². The fourth-order valence-electron chi connectivity index (χ4n) is 2.55. The maximum Gasteiger partial charge on any atom is 0.126 e. The summed E-state index contributed by atoms with van der Waals surface area (Å²) in [7, 11) is 0. The lowest BCUT2D eigenvalue weighted by molar-refractivity contribution is 0.524. The van der Waals surface area contributed by atoms with Gasteiger partial charge in [-0.05, 0) is 38.1 Å². The first-order valence-electron chi connectivity index (χ1n) is 7.11. The number of rotatable bonds is 5. The van der Waals surface area contributed by atoms with Crippen LogP contribution in [0.4, 0.5) is 0 Å². The van der Waals surface area contributed by atoms with Crippen molar-refractivity contribution in [3.05, 3.63) is 51.4 Å². The van der Waals surface area contributed by atoms with E-state index >= 15 is 0 Å². The van der Waals surface area contributed by atoms with E-state index in [1.54, 1.807) is 11.3 Å². The molecule has 21 heavy (non-hydrogen) atoms. The van der Waals surface area contributed by atoms with Crippen molar-refractivity contribution in [3.8, 4) is 0 Å². The molecule has 1 unspecified atom stereocenters. The largest absolute Gasteiger partial charge is 0.327 e. The minimum atomic E-state index is 0.193. The molecule has 1 atom stereocenters. The van der Waals surface area contributed by atoms with Crippen molar-refractivity contribution in [1.82, 2.24) is 14.9 Å². The molecule has 3 nitrogen and oxygen atoms in total. The lowest BCUT2D eigenvalue weighted by Gasteiger charge is -2.14. The quantitative estimate of drug-likeness (QED) is 0.743. The van der Waals surface area contributed by atoms with Crippen LogP contribution in [0.15, 0.2) is 36.4 Å². The Bertz CT molecular complexity index is 747. The Labute approximate surface area is 133 Å². The second-order valence-corrected chi connectivity index (χ2v) is 6.81. The Kier molecular flexibility index (Phi) is 4.29. The van der Waals surface area contributed by atoms with Crippen molar-refractivity contribution < 1.29 is 0 Å². The van der Waals surface area contributed by atoms with E-state index < -0.39 is 0 Å². The molecule has 0 aliphatic rings. The molecule has 0 fully saturated rings. The highest BCUT2D eigenvalue weighted by Gasteiger charge is 2.15. The summed E-state index contributed by atoms with van der Waals surface area (Å²) in [5.74, 6) is 1.08. The third kappa shape index (κ3) is 2.98. The molecule has 0 aliphatic carbocycles. The number of thiophene rings is 1. The summed E-state index contributed by atoms with van der Waals surface area (Å²) in [5, 5.41) is 3.53. The Balaban J connectivity index is 1.82. The molecule has 1 aromatic carbocycles. The lowest BCUT2D eigenvalue weighted by Crippen LogP contribution is -2.21. The average Bonchev–Trinajstić information content (AvgIpc) is 3.07. The predicted octanol–water partition coefficient (Wildman–Crippen LogP) is 4.62. The van der Waals surface area contributed by atoms with Crippen LogP contribution >= 0.6 is 22.9 Å². The first-order valence-corrected chi connectivity index (χ1v) is 8.31. The highest BCUT2D eigenvalue weighted by Crippen LogP contribution is 2.23. The van der Waals surface area contributed by atoms with Gasteiger partial charge >= 0.3 is 0 Å². The van der Waals surface area contributed by atoms with E-state index in [0.717, 1.165) is 28.8 Å². The Morgan fingerprint density at radius 3 is 2.81 bits per heavy atom. The molecule has 3 rings (SSSR count). The normalized spacial score (nSPS) is 12.9. The molecule has 3 aromatic rings. The number of benzene rings is 1. The van der Waals surface area contributed by atoms with Crippen molar-refractivity contribution in [2.45, 2.75) is 33.0 Å². The van der Waals surface area contributed by atoms with E-state index in [0.29, 0.717) is 0 Å². The van der Waals surface area contributed by atoms with Gasteiger partial charge in [0.15, 0.2) is 0 Å². The van der Waals surface area contributed by atoms with Gasteiger partial charge in [0, 0.05) is 18.0 Å². The van der Waals surface area contributed by atoms with Crippen LogP contribution in [0.2, 0.25) is 4.34 Å². The SMILES string of the molecule is CCn1c(C(C)NCc2ccc(Cl)s2)nc2ccccc21. The number of para-hydroxylation sites is 2. The monoisotopic (exact) mass is 319 g/mol. The minimum absolute atomic E-state index is 0.193. The van der Waals surface area contributed by atoms with Crippen molar-refractivity contribution in [1.29, 1.82) is 0 Å². The van der Waals surface area contributed by atoms with Gasteiger partial charge in [-0.2, -0.15) is 0 Å². The zero-order valence-corrected chi connectivity index (χ0v) is 13.7. The van der Waals surface area contributed by atoms with Crippen LogP contribution in [0.3, 0.4) is 0 Å². The molecule has 1 N–H and O–H groups in total. The maximum absolute atomic E-state index is 5.97. The van der Waals surface area contributed by atoms with Crippen molar-refractivity contribution in [2.75, 3.05) is 0 Å². The molecular weight excluding hydrogens is 302 g/mol. The maximum atomic E-state index is 5.97. The summed E-state index contributed by atoms with van der Waals surface area (Å²) in [4.78, 5) is 6.02. The Morgan fingerprint density at radius 2 is 2.10 bits per heavy atom. The van der Waals surface area contributed by atoms with Crippen LogP contribution < -0.4 is 5.32 Å². The van der Waals surface area contributed by atoms with Gasteiger partial charge in [-0.1, -0.05) is 23.7 Å². The molecule has 0 amide bonds. The minimum Gasteiger partial charge on any atom is -0.327 e. The number of nitrogens with zero attached hydrogens (tertiary/aromatic N) is 2. The smallest absolute Gasteiger partial charge is 0.126 e. The molecule has 0 aliphatic heterocycles. The third-order valence-electron chi connectivity index (χ3n) is 3.60. The lowest BCUT2D eigenvalue weighted by atomic mass is 10.3. The molecular formula is C16H18ClN3S. The number of aromatic nitrogens is 2. The van der Waals surface area contributed by atoms with E-state index in [9.17, 15) is 0 Å². The highest BCUT2D eigenvalue weighted by atomic mass is 35.5. The topological polar surface area (TPSA) is 29.9 Å². The number of fused-ring (bicyclic) bond motifs is 1. The number of hydrogen-bond donors (Lipinski definition) is 1. The van der Waals surface area contributed by atoms with Crippen LogP contribution in [-0.2, 0) is 13.1 Å². The molecule has 0 saturated heterocycles. The van der Waals surface area contributed by atoms with Gasteiger partial charge in [-0.25, -0.2) is 4.98 Å². The van der Waals surface area contributed by atoms with Crippen molar-refractivity contribution in [3.63, 3.8) is 0 Å². The van der Waals surface area contributed by atoms with Gasteiger partial charge in [-0.15, -0.1) is 11.3 Å². The second kappa shape index (κ2) is 6.18. The molecule has 2 aromatic heterocycles. The summed E-state index contributed by atoms with van der Waals surface area (Å²) < 4.78 is 3.11. The second-order valence-electron chi connectivity index (χ2n) is 5.01. The Morgan fingerprint density at radius 1 is 1.29 bits per heavy atom. The molecule has 5 heteroatoms. The molecule has 0 spiro atoms. The van der Waals surface area contributed by atoms with Crippen molar-refractivity contribution >= 4 is 34.0 Å². The van der Waals surface area contributed by atoms with E-state index in [4.69, 9.17) is 16.6 Å². The standard InChI is InChI=1S/C16H18ClN3S/c1-3-20-14-7-5-4-6-13(14)19-16(20)11(2)18-10-12-8-9-15(17)21-12/h4-9,11,18H,3,10H2,1-2H3. The number of halogens is 1. The van der Waals surface area contributed by atoms with E-state index in [-0.39, 0.29) is 6.04 Å². The van der Waals surface area contributed by atoms with Crippen LogP contribution in [0.1, 0.15) is 30.6 Å². The van der Waals surface area contributed by atoms with Gasteiger partial charge in [-0.3, -0.25) is 0 Å². The summed E-state index contributed by atoms with van der Waals surface area (Å²) in [5.41, 5.74) is 2.25. The summed E-state index contributed by atoms with van der Waals surface area (Å²) in [6.45, 7) is 6.05. The number of aryl methyl sites for hydroxylation is 1. The molecule has 0 radical (unpaired) electrons. The molecule has 0 bridgehead atoms. The Hall–Kier alpha value is -1.36. The summed E-state index contributed by atoms with van der Waals surface area (Å²) in [6.07, 6.45) is 0. The van der Waals surface area contributed by atoms with Gasteiger partial charge in [0.2, 0.25) is 0 Å². The average molecular weight is 320 g/mol.